The SMILES string of the molecule is CC/C=C/C/C=C/C/C=C/CCCCCCCCCCCCCCCC(=O)OC(CC(=O)O)C[N+](C)(C)C. The lowest BCUT2D eigenvalue weighted by Crippen LogP contribution is -2.43. The molecule has 1 unspecified atom stereocenters. The summed E-state index contributed by atoms with van der Waals surface area (Å²) in [6.45, 7) is 2.67. The van der Waals surface area contributed by atoms with Gasteiger partial charge in [-0.05, 0) is 38.5 Å². The number of esters is 1. The number of hydrogen-bond donors (Lipinski definition) is 1. The number of ether oxygens (including phenoxy) is 1. The van der Waals surface area contributed by atoms with Crippen molar-refractivity contribution in [2.24, 2.45) is 0 Å². The zero-order valence-corrected chi connectivity index (χ0v) is 25.3. The highest BCUT2D eigenvalue weighted by atomic mass is 16.5. The lowest BCUT2D eigenvalue weighted by atomic mass is 10.0. The minimum absolute atomic E-state index is 0.130. The quantitative estimate of drug-likeness (QED) is 0.0521. The summed E-state index contributed by atoms with van der Waals surface area (Å²) in [7, 11) is 5.91. The second kappa shape index (κ2) is 25.4. The fourth-order valence-corrected chi connectivity index (χ4v) is 4.50. The second-order valence-electron chi connectivity index (χ2n) is 11.6. The van der Waals surface area contributed by atoms with E-state index in [1.165, 1.54) is 70.6 Å². The van der Waals surface area contributed by atoms with Crippen LogP contribution in [-0.2, 0) is 14.3 Å². The Balaban J connectivity index is 3.48. The molecule has 0 aromatic heterocycles. The molecule has 0 aromatic carbocycles. The Labute approximate surface area is 235 Å². The van der Waals surface area contributed by atoms with Gasteiger partial charge in [-0.25, -0.2) is 0 Å². The molecule has 5 heteroatoms. The van der Waals surface area contributed by atoms with Gasteiger partial charge >= 0.3 is 11.9 Å². The van der Waals surface area contributed by atoms with Crippen LogP contribution in [0.2, 0.25) is 0 Å². The van der Waals surface area contributed by atoms with Crippen LogP contribution in [0, 0.1) is 0 Å². The van der Waals surface area contributed by atoms with E-state index < -0.39 is 12.1 Å². The lowest BCUT2D eigenvalue weighted by molar-refractivity contribution is -0.873. The molecule has 0 amide bonds. The first-order chi connectivity index (χ1) is 18.2. The van der Waals surface area contributed by atoms with Gasteiger partial charge in [-0.2, -0.15) is 0 Å². The van der Waals surface area contributed by atoms with Gasteiger partial charge in [0, 0.05) is 6.42 Å². The summed E-state index contributed by atoms with van der Waals surface area (Å²) < 4.78 is 6.01. The molecular weight excluding hydrogens is 474 g/mol. The normalized spacial score (nSPS) is 13.2. The number of nitrogens with zero attached hydrogens (tertiary/aromatic N) is 1. The minimum atomic E-state index is -0.926. The fraction of sp³-hybridized carbons (Fsp3) is 0.758. The van der Waals surface area contributed by atoms with Crippen LogP contribution in [0.5, 0.6) is 0 Å². The van der Waals surface area contributed by atoms with Gasteiger partial charge in [0.1, 0.15) is 6.54 Å². The molecular formula is C33H60NO4+. The van der Waals surface area contributed by atoms with Gasteiger partial charge in [-0.1, -0.05) is 114 Å². The molecule has 5 nitrogen and oxygen atoms in total. The van der Waals surface area contributed by atoms with E-state index in [-0.39, 0.29) is 12.4 Å². The molecule has 1 atom stereocenters. The van der Waals surface area contributed by atoms with Crippen molar-refractivity contribution in [2.75, 3.05) is 27.7 Å². The molecule has 0 aliphatic rings. The Morgan fingerprint density at radius 2 is 1.13 bits per heavy atom. The summed E-state index contributed by atoms with van der Waals surface area (Å²) in [5.41, 5.74) is 0. The number of allylic oxidation sites excluding steroid dienone is 6. The van der Waals surface area contributed by atoms with Crippen LogP contribution in [0.15, 0.2) is 36.5 Å². The average Bonchev–Trinajstić information content (AvgIpc) is 2.83. The highest BCUT2D eigenvalue weighted by Gasteiger charge is 2.24. The van der Waals surface area contributed by atoms with E-state index in [4.69, 9.17) is 9.84 Å². The first-order valence-electron chi connectivity index (χ1n) is 15.4. The van der Waals surface area contributed by atoms with Crippen LogP contribution in [0.3, 0.4) is 0 Å². The monoisotopic (exact) mass is 534 g/mol. The zero-order valence-electron chi connectivity index (χ0n) is 25.3. The van der Waals surface area contributed by atoms with Crippen molar-refractivity contribution >= 4 is 11.9 Å². The van der Waals surface area contributed by atoms with E-state index in [0.29, 0.717) is 17.4 Å². The molecule has 0 saturated heterocycles. The Morgan fingerprint density at radius 3 is 1.61 bits per heavy atom. The van der Waals surface area contributed by atoms with Crippen LogP contribution in [0.25, 0.3) is 0 Å². The van der Waals surface area contributed by atoms with Crippen molar-refractivity contribution in [3.05, 3.63) is 36.5 Å². The predicted molar refractivity (Wildman–Crippen MR) is 161 cm³/mol. The summed E-state index contributed by atoms with van der Waals surface area (Å²) in [6.07, 6.45) is 34.1. The number of carbonyl (C=O) groups is 2. The Bertz CT molecular complexity index is 660. The maximum atomic E-state index is 12.1. The number of aliphatic carboxylic acids is 1. The topological polar surface area (TPSA) is 63.6 Å². The summed E-state index contributed by atoms with van der Waals surface area (Å²) >= 11 is 0. The van der Waals surface area contributed by atoms with Gasteiger partial charge < -0.3 is 14.3 Å². The fourth-order valence-electron chi connectivity index (χ4n) is 4.50. The van der Waals surface area contributed by atoms with Crippen molar-refractivity contribution in [1.82, 2.24) is 0 Å². The highest BCUT2D eigenvalue weighted by Crippen LogP contribution is 2.14. The molecule has 0 bridgehead atoms. The number of likely N-dealkylation sites (N-methyl/N-ethyl adjacent to an activating group) is 1. The summed E-state index contributed by atoms with van der Waals surface area (Å²) in [4.78, 5) is 23.1. The summed E-state index contributed by atoms with van der Waals surface area (Å²) in [6, 6.07) is 0. The third kappa shape index (κ3) is 28.7. The Morgan fingerprint density at radius 1 is 0.684 bits per heavy atom. The maximum absolute atomic E-state index is 12.1. The number of carboxylic acids is 1. The molecule has 0 spiro atoms. The van der Waals surface area contributed by atoms with Gasteiger partial charge in [-0.15, -0.1) is 0 Å². The molecule has 38 heavy (non-hydrogen) atoms. The zero-order chi connectivity index (χ0) is 28.3. The van der Waals surface area contributed by atoms with E-state index in [1.54, 1.807) is 0 Å². The highest BCUT2D eigenvalue weighted by molar-refractivity contribution is 5.71. The van der Waals surface area contributed by atoms with E-state index >= 15 is 0 Å². The summed E-state index contributed by atoms with van der Waals surface area (Å²) in [5, 5.41) is 9.06. The number of quaternary nitrogens is 1. The van der Waals surface area contributed by atoms with Gasteiger partial charge in [0.15, 0.2) is 6.10 Å². The molecule has 0 saturated carbocycles. The Hall–Kier alpha value is -1.88. The molecule has 0 aliphatic heterocycles. The predicted octanol–water partition coefficient (Wildman–Crippen LogP) is 8.79. The van der Waals surface area contributed by atoms with Gasteiger partial charge in [0.05, 0.1) is 27.6 Å². The molecule has 0 aliphatic carbocycles. The van der Waals surface area contributed by atoms with Crippen LogP contribution in [0.4, 0.5) is 0 Å². The maximum Gasteiger partial charge on any atom is 0.307 e. The third-order valence-corrected chi connectivity index (χ3v) is 6.48. The minimum Gasteiger partial charge on any atom is -0.481 e. The Kier molecular flexibility index (Phi) is 24.1. The van der Waals surface area contributed by atoms with E-state index in [0.717, 1.165) is 38.5 Å². The van der Waals surface area contributed by atoms with Crippen LogP contribution in [-0.4, -0.2) is 55.3 Å². The number of unbranched alkanes of at least 4 members (excludes halogenated alkanes) is 13. The smallest absolute Gasteiger partial charge is 0.307 e. The second-order valence-corrected chi connectivity index (χ2v) is 11.6. The van der Waals surface area contributed by atoms with Gasteiger partial charge in [-0.3, -0.25) is 9.59 Å². The number of rotatable bonds is 26. The standard InChI is InChI=1S/C33H59NO4/c1-5-6-7-8-9-10-11-12-13-14-15-16-17-18-19-20-21-22-23-24-25-26-27-28-33(37)38-31(29-32(35)36)30-34(2,3)4/h6-7,9-10,12-13,31H,5,8,11,14-30H2,1-4H3/p+1/b7-6+,10-9+,13-12+. The molecule has 0 rings (SSSR count). The molecule has 0 aromatic rings. The van der Waals surface area contributed by atoms with Crippen LogP contribution >= 0.6 is 0 Å². The number of carbonyl (C=O) groups excluding carboxylic acids is 1. The van der Waals surface area contributed by atoms with E-state index in [1.807, 2.05) is 21.1 Å². The van der Waals surface area contributed by atoms with Crippen molar-refractivity contribution < 1.29 is 23.9 Å². The number of carboxylic acid groups (broad SMARTS) is 1. The van der Waals surface area contributed by atoms with Crippen LogP contribution in [0.1, 0.15) is 129 Å². The molecule has 1 N–H and O–H groups in total. The third-order valence-electron chi connectivity index (χ3n) is 6.48. The molecule has 0 fully saturated rings. The number of hydrogen-bond acceptors (Lipinski definition) is 3. The van der Waals surface area contributed by atoms with E-state index in [9.17, 15) is 9.59 Å². The van der Waals surface area contributed by atoms with Crippen LogP contribution < -0.4 is 0 Å². The van der Waals surface area contributed by atoms with E-state index in [2.05, 4.69) is 43.4 Å². The van der Waals surface area contributed by atoms with Crippen molar-refractivity contribution in [3.8, 4) is 0 Å². The lowest BCUT2D eigenvalue weighted by Gasteiger charge is -2.28. The first kappa shape index (κ1) is 36.1. The molecule has 0 heterocycles. The van der Waals surface area contributed by atoms with Gasteiger partial charge in [0.25, 0.3) is 0 Å². The molecule has 220 valence electrons. The average molecular weight is 535 g/mol. The van der Waals surface area contributed by atoms with Crippen molar-refractivity contribution in [1.29, 1.82) is 0 Å². The molecule has 0 radical (unpaired) electrons. The van der Waals surface area contributed by atoms with Crippen molar-refractivity contribution in [2.45, 2.75) is 135 Å². The van der Waals surface area contributed by atoms with Crippen molar-refractivity contribution in [3.63, 3.8) is 0 Å². The largest absolute Gasteiger partial charge is 0.481 e. The van der Waals surface area contributed by atoms with Gasteiger partial charge in [0.2, 0.25) is 0 Å². The summed E-state index contributed by atoms with van der Waals surface area (Å²) in [5.74, 6) is -1.19. The first-order valence-corrected chi connectivity index (χ1v) is 15.4.